The number of fused-ring (bicyclic) bond motifs is 7. The summed E-state index contributed by atoms with van der Waals surface area (Å²) in [5.74, 6) is 0. The monoisotopic (exact) mass is 686 g/mol. The first-order valence-corrected chi connectivity index (χ1v) is 18.6. The summed E-state index contributed by atoms with van der Waals surface area (Å²) < 4.78 is 4.84. The van der Waals surface area contributed by atoms with Crippen molar-refractivity contribution in [1.29, 1.82) is 0 Å². The molecule has 0 aliphatic heterocycles. The van der Waals surface area contributed by atoms with Gasteiger partial charge in [0.2, 0.25) is 0 Å². The first-order valence-electron chi connectivity index (χ1n) is 18.6. The second-order valence-electron chi connectivity index (χ2n) is 14.1. The van der Waals surface area contributed by atoms with Gasteiger partial charge in [-0.3, -0.25) is 0 Å². The Morgan fingerprint density at radius 3 is 1.28 bits per heavy atom. The van der Waals surface area contributed by atoms with Gasteiger partial charge >= 0.3 is 0 Å². The Morgan fingerprint density at radius 1 is 0.241 bits per heavy atom. The van der Waals surface area contributed by atoms with Crippen LogP contribution in [0.1, 0.15) is 0 Å². The third-order valence-electron chi connectivity index (χ3n) is 11.1. The molecule has 9 aromatic carbocycles. The lowest BCUT2D eigenvalue weighted by molar-refractivity contribution is 1.18. The zero-order valence-electron chi connectivity index (χ0n) is 29.5. The lowest BCUT2D eigenvalue weighted by atomic mass is 9.96. The van der Waals surface area contributed by atoms with Crippen LogP contribution in [0.5, 0.6) is 0 Å². The van der Waals surface area contributed by atoms with Crippen molar-refractivity contribution in [1.82, 2.24) is 9.13 Å². The lowest BCUT2D eigenvalue weighted by Crippen LogP contribution is -1.97. The molecule has 0 radical (unpaired) electrons. The summed E-state index contributed by atoms with van der Waals surface area (Å²) in [6.45, 7) is 0. The maximum Gasteiger partial charge on any atom is 0.0541 e. The summed E-state index contributed by atoms with van der Waals surface area (Å²) >= 11 is 0. The minimum Gasteiger partial charge on any atom is -0.309 e. The molecule has 252 valence electrons. The molecule has 0 spiro atoms. The topological polar surface area (TPSA) is 9.86 Å². The van der Waals surface area contributed by atoms with E-state index in [0.29, 0.717) is 0 Å². The average Bonchev–Trinajstić information content (AvgIpc) is 3.76. The van der Waals surface area contributed by atoms with Crippen molar-refractivity contribution < 1.29 is 0 Å². The molecular weight excluding hydrogens is 653 g/mol. The molecule has 0 saturated heterocycles. The molecular formula is C52H34N2. The van der Waals surface area contributed by atoms with Crippen LogP contribution in [0.25, 0.3) is 99.1 Å². The van der Waals surface area contributed by atoms with Gasteiger partial charge in [0.15, 0.2) is 0 Å². The standard InChI is InChI=1S/C52H34N2/c1-3-13-35(14-4-1)38-25-30-51-46(33-38)44-19-9-11-21-48(44)53(51)40-27-23-37(24-28-40)41-29-32-50(43-18-8-7-17-42(41)43)54-49-22-12-10-20-45(49)47-34-39(26-31-52(47)54)36-15-5-2-6-16-36/h1-34H. The Bertz CT molecular complexity index is 3180. The van der Waals surface area contributed by atoms with Gasteiger partial charge in [0.1, 0.15) is 0 Å². The van der Waals surface area contributed by atoms with Crippen LogP contribution < -0.4 is 0 Å². The first kappa shape index (κ1) is 30.5. The first-order chi connectivity index (χ1) is 26.8. The smallest absolute Gasteiger partial charge is 0.0541 e. The van der Waals surface area contributed by atoms with Gasteiger partial charge in [0.25, 0.3) is 0 Å². The van der Waals surface area contributed by atoms with Crippen molar-refractivity contribution in [2.45, 2.75) is 0 Å². The van der Waals surface area contributed by atoms with E-state index < -0.39 is 0 Å². The molecule has 0 atom stereocenters. The Hall–Kier alpha value is -7.16. The lowest BCUT2D eigenvalue weighted by Gasteiger charge is -2.15. The highest BCUT2D eigenvalue weighted by Gasteiger charge is 2.18. The highest BCUT2D eigenvalue weighted by molar-refractivity contribution is 6.13. The maximum absolute atomic E-state index is 2.44. The van der Waals surface area contributed by atoms with Crippen LogP contribution >= 0.6 is 0 Å². The van der Waals surface area contributed by atoms with Gasteiger partial charge in [-0.05, 0) is 93.4 Å². The largest absolute Gasteiger partial charge is 0.309 e. The molecule has 2 nitrogen and oxygen atoms in total. The van der Waals surface area contributed by atoms with Crippen LogP contribution in [0.2, 0.25) is 0 Å². The molecule has 2 heteroatoms. The average molecular weight is 687 g/mol. The van der Waals surface area contributed by atoms with E-state index in [9.17, 15) is 0 Å². The van der Waals surface area contributed by atoms with Gasteiger partial charge in [-0.15, -0.1) is 0 Å². The fourth-order valence-electron chi connectivity index (χ4n) is 8.62. The summed E-state index contributed by atoms with van der Waals surface area (Å²) in [6, 6.07) is 75.1. The fourth-order valence-corrected chi connectivity index (χ4v) is 8.62. The fraction of sp³-hybridized carbons (Fsp3) is 0. The zero-order chi connectivity index (χ0) is 35.6. The number of aromatic nitrogens is 2. The molecule has 0 amide bonds. The molecule has 0 fully saturated rings. The molecule has 11 rings (SSSR count). The Kier molecular flexibility index (Phi) is 6.90. The van der Waals surface area contributed by atoms with E-state index in [1.165, 1.54) is 93.5 Å². The van der Waals surface area contributed by atoms with Crippen molar-refractivity contribution in [2.75, 3.05) is 0 Å². The molecule has 0 saturated carbocycles. The zero-order valence-corrected chi connectivity index (χ0v) is 29.5. The summed E-state index contributed by atoms with van der Waals surface area (Å²) in [4.78, 5) is 0. The second-order valence-corrected chi connectivity index (χ2v) is 14.1. The molecule has 0 unspecified atom stereocenters. The summed E-state index contributed by atoms with van der Waals surface area (Å²) in [6.07, 6.45) is 0. The number of benzene rings is 9. The third-order valence-corrected chi connectivity index (χ3v) is 11.1. The number of para-hydroxylation sites is 2. The molecule has 0 N–H and O–H groups in total. The van der Waals surface area contributed by atoms with Crippen molar-refractivity contribution >= 4 is 54.4 Å². The van der Waals surface area contributed by atoms with E-state index in [2.05, 4.69) is 215 Å². The van der Waals surface area contributed by atoms with E-state index in [1.807, 2.05) is 0 Å². The molecule has 11 aromatic rings. The summed E-state index contributed by atoms with van der Waals surface area (Å²) in [5, 5.41) is 7.51. The van der Waals surface area contributed by atoms with E-state index in [1.54, 1.807) is 0 Å². The second kappa shape index (κ2) is 12.2. The number of nitrogens with zero attached hydrogens (tertiary/aromatic N) is 2. The highest BCUT2D eigenvalue weighted by Crippen LogP contribution is 2.40. The van der Waals surface area contributed by atoms with Crippen LogP contribution in [0.15, 0.2) is 206 Å². The van der Waals surface area contributed by atoms with E-state index >= 15 is 0 Å². The Balaban J connectivity index is 1.03. The third kappa shape index (κ3) is 4.74. The number of hydrogen-bond donors (Lipinski definition) is 0. The quantitative estimate of drug-likeness (QED) is 0.171. The Morgan fingerprint density at radius 2 is 0.685 bits per heavy atom. The molecule has 0 bridgehead atoms. The van der Waals surface area contributed by atoms with Crippen LogP contribution in [-0.4, -0.2) is 9.13 Å². The summed E-state index contributed by atoms with van der Waals surface area (Å²) in [5.41, 5.74) is 14.5. The molecule has 2 heterocycles. The molecule has 2 aromatic heterocycles. The van der Waals surface area contributed by atoms with Crippen molar-refractivity contribution in [3.8, 4) is 44.8 Å². The van der Waals surface area contributed by atoms with Gasteiger partial charge in [-0.1, -0.05) is 152 Å². The number of hydrogen-bond acceptors (Lipinski definition) is 0. The van der Waals surface area contributed by atoms with Crippen LogP contribution in [0.4, 0.5) is 0 Å². The van der Waals surface area contributed by atoms with Gasteiger partial charge in [0, 0.05) is 32.6 Å². The van der Waals surface area contributed by atoms with Crippen molar-refractivity contribution in [2.24, 2.45) is 0 Å². The van der Waals surface area contributed by atoms with Gasteiger partial charge < -0.3 is 9.13 Å². The minimum atomic E-state index is 1.15. The van der Waals surface area contributed by atoms with E-state index in [4.69, 9.17) is 0 Å². The number of rotatable bonds is 5. The predicted octanol–water partition coefficient (Wildman–Crippen LogP) is 14.0. The van der Waals surface area contributed by atoms with Crippen LogP contribution in [0, 0.1) is 0 Å². The minimum absolute atomic E-state index is 1.15. The molecule has 0 aliphatic carbocycles. The van der Waals surface area contributed by atoms with Crippen LogP contribution in [-0.2, 0) is 0 Å². The van der Waals surface area contributed by atoms with Crippen molar-refractivity contribution in [3.63, 3.8) is 0 Å². The maximum atomic E-state index is 2.44. The van der Waals surface area contributed by atoms with Gasteiger partial charge in [-0.25, -0.2) is 0 Å². The summed E-state index contributed by atoms with van der Waals surface area (Å²) in [7, 11) is 0. The molecule has 0 aliphatic rings. The van der Waals surface area contributed by atoms with E-state index in [-0.39, 0.29) is 0 Å². The van der Waals surface area contributed by atoms with E-state index in [0.717, 1.165) is 5.69 Å². The highest BCUT2D eigenvalue weighted by atomic mass is 15.0. The van der Waals surface area contributed by atoms with Gasteiger partial charge in [0.05, 0.1) is 27.8 Å². The molecule has 54 heavy (non-hydrogen) atoms. The Labute approximate surface area is 313 Å². The van der Waals surface area contributed by atoms with Crippen molar-refractivity contribution in [3.05, 3.63) is 206 Å². The normalized spacial score (nSPS) is 11.7. The predicted molar refractivity (Wildman–Crippen MR) is 229 cm³/mol. The van der Waals surface area contributed by atoms with Gasteiger partial charge in [-0.2, -0.15) is 0 Å². The SMILES string of the molecule is c1ccc(-c2ccc3c(c2)c2ccccc2n3-c2ccc(-c3ccc(-n4c5ccccc5c5cc(-c6ccccc6)ccc54)c4ccccc34)cc2)cc1. The van der Waals surface area contributed by atoms with Crippen LogP contribution in [0.3, 0.4) is 0 Å².